The van der Waals surface area contributed by atoms with Crippen molar-refractivity contribution in [2.75, 3.05) is 0 Å². The van der Waals surface area contributed by atoms with Crippen LogP contribution in [0.5, 0.6) is 5.88 Å². The van der Waals surface area contributed by atoms with Crippen molar-refractivity contribution >= 4 is 6.47 Å². The van der Waals surface area contributed by atoms with Crippen LogP contribution in [0.2, 0.25) is 0 Å². The van der Waals surface area contributed by atoms with Crippen molar-refractivity contribution in [3.8, 4) is 5.88 Å². The summed E-state index contributed by atoms with van der Waals surface area (Å²) in [7, 11) is 0. The summed E-state index contributed by atoms with van der Waals surface area (Å²) in [6.07, 6.45) is 2.73. The number of carbonyl (C=O) groups is 1. The van der Waals surface area contributed by atoms with Crippen molar-refractivity contribution in [3.63, 3.8) is 0 Å². The Bertz CT molecular complexity index is 267. The molecule has 0 aliphatic heterocycles. The van der Waals surface area contributed by atoms with Crippen molar-refractivity contribution in [2.45, 2.75) is 20.3 Å². The van der Waals surface area contributed by atoms with E-state index in [1.165, 1.54) is 0 Å². The minimum absolute atomic E-state index is 0.350. The highest BCUT2D eigenvalue weighted by atomic mass is 16.5. The molecule has 1 rings (SSSR count). The molecule has 1 heterocycles. The van der Waals surface area contributed by atoms with Gasteiger partial charge in [-0.15, -0.1) is 0 Å². The van der Waals surface area contributed by atoms with Crippen LogP contribution in [0.25, 0.3) is 0 Å². The Hall–Kier alpha value is -1.38. The van der Waals surface area contributed by atoms with Crippen LogP contribution in [0.15, 0.2) is 18.3 Å². The predicted molar refractivity (Wildman–Crippen MR) is 49.5 cm³/mol. The number of hydrogen-bond acceptors (Lipinski definition) is 3. The standard InChI is InChI=1S/C10H13NO2/c1-8(2)5-9-3-4-10(11-6-9)13-7-12/h3-4,6-8H,5H2,1-2H3. The summed E-state index contributed by atoms with van der Waals surface area (Å²) in [5, 5.41) is 0. The van der Waals surface area contributed by atoms with Gasteiger partial charge in [0.15, 0.2) is 0 Å². The van der Waals surface area contributed by atoms with Gasteiger partial charge in [-0.1, -0.05) is 19.9 Å². The highest BCUT2D eigenvalue weighted by Crippen LogP contribution is 2.10. The lowest BCUT2D eigenvalue weighted by Crippen LogP contribution is -1.96. The van der Waals surface area contributed by atoms with Crippen molar-refractivity contribution in [2.24, 2.45) is 5.92 Å². The van der Waals surface area contributed by atoms with Crippen LogP contribution in [0.3, 0.4) is 0 Å². The fourth-order valence-electron chi connectivity index (χ4n) is 1.12. The lowest BCUT2D eigenvalue weighted by atomic mass is 10.1. The Labute approximate surface area is 77.8 Å². The van der Waals surface area contributed by atoms with Crippen molar-refractivity contribution in [1.29, 1.82) is 0 Å². The molecule has 0 fully saturated rings. The normalized spacial score (nSPS) is 10.1. The quantitative estimate of drug-likeness (QED) is 0.662. The lowest BCUT2D eigenvalue weighted by molar-refractivity contribution is -0.120. The van der Waals surface area contributed by atoms with Gasteiger partial charge in [0.25, 0.3) is 6.47 Å². The van der Waals surface area contributed by atoms with Crippen molar-refractivity contribution in [1.82, 2.24) is 4.98 Å². The lowest BCUT2D eigenvalue weighted by Gasteiger charge is -2.04. The Morgan fingerprint density at radius 1 is 1.54 bits per heavy atom. The van der Waals surface area contributed by atoms with Crippen LogP contribution in [0, 0.1) is 5.92 Å². The summed E-state index contributed by atoms with van der Waals surface area (Å²) >= 11 is 0. The third-order valence-electron chi connectivity index (χ3n) is 1.61. The predicted octanol–water partition coefficient (Wildman–Crippen LogP) is 1.82. The van der Waals surface area contributed by atoms with Gasteiger partial charge in [-0.05, 0) is 17.9 Å². The first kappa shape index (κ1) is 9.71. The second-order valence-corrected chi connectivity index (χ2v) is 3.32. The molecule has 1 aromatic rings. The van der Waals surface area contributed by atoms with Crippen LogP contribution >= 0.6 is 0 Å². The third kappa shape index (κ3) is 3.23. The minimum atomic E-state index is 0.350. The molecule has 0 bridgehead atoms. The Morgan fingerprint density at radius 2 is 2.31 bits per heavy atom. The monoisotopic (exact) mass is 179 g/mol. The maximum Gasteiger partial charge on any atom is 0.299 e. The van der Waals surface area contributed by atoms with Crippen molar-refractivity contribution in [3.05, 3.63) is 23.9 Å². The molecule has 0 amide bonds. The molecule has 0 radical (unpaired) electrons. The Balaban J connectivity index is 2.63. The van der Waals surface area contributed by atoms with E-state index in [1.807, 2.05) is 6.07 Å². The highest BCUT2D eigenvalue weighted by Gasteiger charge is 1.99. The molecule has 0 unspecified atom stereocenters. The van der Waals surface area contributed by atoms with Crippen LogP contribution in [-0.4, -0.2) is 11.5 Å². The molecule has 1 aromatic heterocycles. The van der Waals surface area contributed by atoms with Gasteiger partial charge in [0.2, 0.25) is 5.88 Å². The van der Waals surface area contributed by atoms with E-state index in [9.17, 15) is 4.79 Å². The van der Waals surface area contributed by atoms with E-state index in [-0.39, 0.29) is 0 Å². The van der Waals surface area contributed by atoms with Gasteiger partial charge >= 0.3 is 0 Å². The van der Waals surface area contributed by atoms with E-state index in [4.69, 9.17) is 0 Å². The van der Waals surface area contributed by atoms with Crippen LogP contribution in [-0.2, 0) is 11.2 Å². The summed E-state index contributed by atoms with van der Waals surface area (Å²) < 4.78 is 4.57. The first-order valence-electron chi connectivity index (χ1n) is 4.27. The number of ether oxygens (including phenoxy) is 1. The number of rotatable bonds is 4. The average Bonchev–Trinajstić information content (AvgIpc) is 2.08. The molecule has 0 aliphatic carbocycles. The molecule has 3 nitrogen and oxygen atoms in total. The zero-order chi connectivity index (χ0) is 9.68. The van der Waals surface area contributed by atoms with E-state index < -0.39 is 0 Å². The van der Waals surface area contributed by atoms with Crippen LogP contribution in [0.4, 0.5) is 0 Å². The van der Waals surface area contributed by atoms with Gasteiger partial charge in [0.05, 0.1) is 0 Å². The molecule has 0 aliphatic rings. The van der Waals surface area contributed by atoms with Gasteiger partial charge in [-0.3, -0.25) is 4.79 Å². The average molecular weight is 179 g/mol. The van der Waals surface area contributed by atoms with E-state index in [1.54, 1.807) is 12.3 Å². The second-order valence-electron chi connectivity index (χ2n) is 3.32. The van der Waals surface area contributed by atoms with E-state index >= 15 is 0 Å². The largest absolute Gasteiger partial charge is 0.410 e. The van der Waals surface area contributed by atoms with E-state index in [2.05, 4.69) is 23.6 Å². The number of aromatic nitrogens is 1. The first-order chi connectivity index (χ1) is 6.22. The number of pyridine rings is 1. The maximum atomic E-state index is 9.97. The molecule has 0 saturated carbocycles. The van der Waals surface area contributed by atoms with Gasteiger partial charge in [0.1, 0.15) is 0 Å². The number of hydrogen-bond donors (Lipinski definition) is 0. The van der Waals surface area contributed by atoms with E-state index in [0.29, 0.717) is 18.3 Å². The van der Waals surface area contributed by atoms with Gasteiger partial charge in [-0.2, -0.15) is 0 Å². The number of carbonyl (C=O) groups excluding carboxylic acids is 1. The number of nitrogens with zero attached hydrogens (tertiary/aromatic N) is 1. The smallest absolute Gasteiger partial charge is 0.299 e. The summed E-state index contributed by atoms with van der Waals surface area (Å²) in [6.45, 7) is 4.68. The molecule has 13 heavy (non-hydrogen) atoms. The molecule has 0 atom stereocenters. The van der Waals surface area contributed by atoms with Crippen LogP contribution in [0.1, 0.15) is 19.4 Å². The Morgan fingerprint density at radius 3 is 2.77 bits per heavy atom. The van der Waals surface area contributed by atoms with Crippen molar-refractivity contribution < 1.29 is 9.53 Å². The van der Waals surface area contributed by atoms with Gasteiger partial charge in [0, 0.05) is 12.3 Å². The van der Waals surface area contributed by atoms with Gasteiger partial charge < -0.3 is 4.74 Å². The zero-order valence-electron chi connectivity index (χ0n) is 7.86. The van der Waals surface area contributed by atoms with Gasteiger partial charge in [-0.25, -0.2) is 4.98 Å². The Kier molecular flexibility index (Phi) is 3.43. The molecule has 0 spiro atoms. The topological polar surface area (TPSA) is 39.2 Å². The molecule has 0 saturated heterocycles. The fourth-order valence-corrected chi connectivity index (χ4v) is 1.12. The third-order valence-corrected chi connectivity index (χ3v) is 1.61. The van der Waals surface area contributed by atoms with Crippen LogP contribution < -0.4 is 4.74 Å². The summed E-state index contributed by atoms with van der Waals surface area (Å²) in [5.74, 6) is 0.960. The SMILES string of the molecule is CC(C)Cc1ccc(OC=O)nc1. The molecule has 70 valence electrons. The summed E-state index contributed by atoms with van der Waals surface area (Å²) in [5.41, 5.74) is 1.16. The second kappa shape index (κ2) is 4.60. The molecular weight excluding hydrogens is 166 g/mol. The minimum Gasteiger partial charge on any atom is -0.410 e. The molecule has 0 N–H and O–H groups in total. The molecular formula is C10H13NO2. The summed E-state index contributed by atoms with van der Waals surface area (Å²) in [4.78, 5) is 13.9. The molecule has 0 aromatic carbocycles. The zero-order valence-corrected chi connectivity index (χ0v) is 7.86. The fraction of sp³-hybridized carbons (Fsp3) is 0.400. The highest BCUT2D eigenvalue weighted by molar-refractivity contribution is 5.42. The summed E-state index contributed by atoms with van der Waals surface area (Å²) in [6, 6.07) is 3.62. The molecule has 3 heteroatoms. The van der Waals surface area contributed by atoms with E-state index in [0.717, 1.165) is 12.0 Å². The first-order valence-corrected chi connectivity index (χ1v) is 4.27. The maximum absolute atomic E-state index is 9.97.